The van der Waals surface area contributed by atoms with Gasteiger partial charge >= 0.3 is 0 Å². The average Bonchev–Trinajstić information content (AvgIpc) is 2.84. The van der Waals surface area contributed by atoms with Crippen LogP contribution >= 0.6 is 0 Å². The van der Waals surface area contributed by atoms with Crippen molar-refractivity contribution in [3.63, 3.8) is 0 Å². The van der Waals surface area contributed by atoms with Gasteiger partial charge in [-0.25, -0.2) is 13.1 Å². The first-order chi connectivity index (χ1) is 8.18. The molecule has 1 aromatic rings. The standard InChI is InChI=1S/C10H17N3O3S/c14-17(15,10-2-1-9-16-10)12-5-8-13-6-3-11-4-7-13/h1-2,9,11-12H,3-8H2. The minimum absolute atomic E-state index is 0.0298. The lowest BCUT2D eigenvalue weighted by molar-refractivity contribution is 0.245. The Morgan fingerprint density at radius 2 is 2.18 bits per heavy atom. The summed E-state index contributed by atoms with van der Waals surface area (Å²) in [5.41, 5.74) is 0. The fourth-order valence-corrected chi connectivity index (χ4v) is 2.70. The summed E-state index contributed by atoms with van der Waals surface area (Å²) in [6, 6.07) is 3.00. The van der Waals surface area contributed by atoms with Crippen LogP contribution in [0.4, 0.5) is 0 Å². The van der Waals surface area contributed by atoms with Crippen LogP contribution in [0.5, 0.6) is 0 Å². The number of furan rings is 1. The summed E-state index contributed by atoms with van der Waals surface area (Å²) in [4.78, 5) is 2.22. The number of nitrogens with one attached hydrogen (secondary N) is 2. The van der Waals surface area contributed by atoms with E-state index in [1.54, 1.807) is 6.07 Å². The van der Waals surface area contributed by atoms with Crippen LogP contribution in [-0.2, 0) is 10.0 Å². The first-order valence-electron chi connectivity index (χ1n) is 5.65. The van der Waals surface area contributed by atoms with Crippen LogP contribution in [-0.4, -0.2) is 52.6 Å². The van der Waals surface area contributed by atoms with Crippen LogP contribution in [0.3, 0.4) is 0 Å². The van der Waals surface area contributed by atoms with Gasteiger partial charge in [0.25, 0.3) is 10.0 Å². The van der Waals surface area contributed by atoms with Crippen molar-refractivity contribution in [2.75, 3.05) is 39.3 Å². The van der Waals surface area contributed by atoms with E-state index in [9.17, 15) is 8.42 Å². The lowest BCUT2D eigenvalue weighted by atomic mass is 10.3. The largest absolute Gasteiger partial charge is 0.452 e. The molecule has 0 unspecified atom stereocenters. The highest BCUT2D eigenvalue weighted by Crippen LogP contribution is 2.07. The fourth-order valence-electron chi connectivity index (χ4n) is 1.76. The normalized spacial score (nSPS) is 18.4. The number of nitrogens with zero attached hydrogens (tertiary/aromatic N) is 1. The Hall–Kier alpha value is -0.890. The zero-order valence-corrected chi connectivity index (χ0v) is 10.4. The molecule has 0 amide bonds. The molecule has 0 atom stereocenters. The molecule has 1 aliphatic heterocycles. The Balaban J connectivity index is 1.78. The van der Waals surface area contributed by atoms with Crippen molar-refractivity contribution < 1.29 is 12.8 Å². The van der Waals surface area contributed by atoms with Crippen molar-refractivity contribution in [3.8, 4) is 0 Å². The molecule has 2 N–H and O–H groups in total. The molecule has 0 spiro atoms. The molecular formula is C10H17N3O3S. The SMILES string of the molecule is O=S(=O)(NCCN1CCNCC1)c1ccco1. The summed E-state index contributed by atoms with van der Waals surface area (Å²) in [5, 5.41) is 3.22. The van der Waals surface area contributed by atoms with Crippen LogP contribution in [0.25, 0.3) is 0 Å². The van der Waals surface area contributed by atoms with Crippen molar-refractivity contribution in [2.24, 2.45) is 0 Å². The molecule has 0 radical (unpaired) electrons. The van der Waals surface area contributed by atoms with Crippen molar-refractivity contribution in [3.05, 3.63) is 18.4 Å². The third kappa shape index (κ3) is 3.53. The van der Waals surface area contributed by atoms with Gasteiger partial charge in [0.15, 0.2) is 0 Å². The van der Waals surface area contributed by atoms with Gasteiger partial charge in [0.05, 0.1) is 6.26 Å². The van der Waals surface area contributed by atoms with Gasteiger partial charge < -0.3 is 9.73 Å². The third-order valence-electron chi connectivity index (χ3n) is 2.69. The van der Waals surface area contributed by atoms with Crippen molar-refractivity contribution in [2.45, 2.75) is 5.09 Å². The number of hydrogen-bond donors (Lipinski definition) is 2. The zero-order valence-electron chi connectivity index (χ0n) is 9.55. The van der Waals surface area contributed by atoms with E-state index in [-0.39, 0.29) is 5.09 Å². The molecule has 0 aromatic carbocycles. The first kappa shape index (κ1) is 12.6. The Morgan fingerprint density at radius 1 is 1.41 bits per heavy atom. The van der Waals surface area contributed by atoms with E-state index in [0.717, 1.165) is 32.7 Å². The van der Waals surface area contributed by atoms with Crippen LogP contribution in [0, 0.1) is 0 Å². The predicted molar refractivity (Wildman–Crippen MR) is 63.2 cm³/mol. The molecule has 17 heavy (non-hydrogen) atoms. The van der Waals surface area contributed by atoms with Crippen LogP contribution in [0.2, 0.25) is 0 Å². The molecule has 1 saturated heterocycles. The molecule has 0 aliphatic carbocycles. The van der Waals surface area contributed by atoms with Gasteiger partial charge in [0, 0.05) is 39.3 Å². The second kappa shape index (κ2) is 5.63. The van der Waals surface area contributed by atoms with Gasteiger partial charge in [-0.2, -0.15) is 0 Å². The predicted octanol–water partition coefficient (Wildman–Crippen LogP) is -0.537. The summed E-state index contributed by atoms with van der Waals surface area (Å²) in [7, 11) is -3.48. The van der Waals surface area contributed by atoms with E-state index >= 15 is 0 Å². The highest BCUT2D eigenvalue weighted by molar-refractivity contribution is 7.89. The quantitative estimate of drug-likeness (QED) is 0.743. The van der Waals surface area contributed by atoms with Crippen LogP contribution in [0.1, 0.15) is 0 Å². The molecule has 0 bridgehead atoms. The lowest BCUT2D eigenvalue weighted by Crippen LogP contribution is -2.46. The van der Waals surface area contributed by atoms with E-state index in [1.165, 1.54) is 12.3 Å². The van der Waals surface area contributed by atoms with Gasteiger partial charge in [-0.3, -0.25) is 4.90 Å². The maximum atomic E-state index is 11.7. The fraction of sp³-hybridized carbons (Fsp3) is 0.600. The Bertz CT molecular complexity index is 424. The Kier molecular flexibility index (Phi) is 4.16. The van der Waals surface area contributed by atoms with Crippen molar-refractivity contribution in [1.29, 1.82) is 0 Å². The Labute approximate surface area is 101 Å². The smallest absolute Gasteiger partial charge is 0.273 e. The summed E-state index contributed by atoms with van der Waals surface area (Å²) in [6.07, 6.45) is 1.35. The van der Waals surface area contributed by atoms with Crippen molar-refractivity contribution >= 4 is 10.0 Å². The maximum absolute atomic E-state index is 11.7. The van der Waals surface area contributed by atoms with Gasteiger partial charge in [0.2, 0.25) is 5.09 Å². The second-order valence-corrected chi connectivity index (χ2v) is 5.62. The van der Waals surface area contributed by atoms with E-state index in [1.807, 2.05) is 0 Å². The summed E-state index contributed by atoms with van der Waals surface area (Å²) >= 11 is 0. The maximum Gasteiger partial charge on any atom is 0.273 e. The molecule has 1 fully saturated rings. The minimum Gasteiger partial charge on any atom is -0.452 e. The summed E-state index contributed by atoms with van der Waals surface area (Å²) < 4.78 is 30.8. The molecular weight excluding hydrogens is 242 g/mol. The molecule has 2 heterocycles. The van der Waals surface area contributed by atoms with Gasteiger partial charge in [-0.05, 0) is 12.1 Å². The van der Waals surface area contributed by atoms with E-state index < -0.39 is 10.0 Å². The molecule has 6 nitrogen and oxygen atoms in total. The zero-order chi connectivity index (χ0) is 12.1. The molecule has 7 heteroatoms. The Morgan fingerprint density at radius 3 is 2.82 bits per heavy atom. The number of hydrogen-bond acceptors (Lipinski definition) is 5. The van der Waals surface area contributed by atoms with Gasteiger partial charge in [-0.15, -0.1) is 0 Å². The van der Waals surface area contributed by atoms with Gasteiger partial charge in [0.1, 0.15) is 0 Å². The molecule has 0 saturated carbocycles. The topological polar surface area (TPSA) is 74.6 Å². The van der Waals surface area contributed by atoms with E-state index in [4.69, 9.17) is 4.42 Å². The highest BCUT2D eigenvalue weighted by atomic mass is 32.2. The average molecular weight is 259 g/mol. The van der Waals surface area contributed by atoms with E-state index in [0.29, 0.717) is 6.54 Å². The van der Waals surface area contributed by atoms with Gasteiger partial charge in [-0.1, -0.05) is 0 Å². The van der Waals surface area contributed by atoms with Crippen LogP contribution in [0.15, 0.2) is 27.9 Å². The number of sulfonamides is 1. The first-order valence-corrected chi connectivity index (χ1v) is 7.13. The highest BCUT2D eigenvalue weighted by Gasteiger charge is 2.17. The second-order valence-electron chi connectivity index (χ2n) is 3.92. The van der Waals surface area contributed by atoms with Crippen LogP contribution < -0.4 is 10.0 Å². The summed E-state index contributed by atoms with van der Waals surface area (Å²) in [6.45, 7) is 4.98. The van der Waals surface area contributed by atoms with Crippen molar-refractivity contribution in [1.82, 2.24) is 14.9 Å². The molecule has 1 aliphatic rings. The molecule has 96 valence electrons. The lowest BCUT2D eigenvalue weighted by Gasteiger charge is -2.26. The summed E-state index contributed by atoms with van der Waals surface area (Å²) in [5.74, 6) is 0. The molecule has 2 rings (SSSR count). The van der Waals surface area contributed by atoms with E-state index in [2.05, 4.69) is 14.9 Å². The molecule has 1 aromatic heterocycles. The minimum atomic E-state index is -3.48. The third-order valence-corrected chi connectivity index (χ3v) is 4.04. The number of piperazine rings is 1. The monoisotopic (exact) mass is 259 g/mol. The number of rotatable bonds is 5.